The summed E-state index contributed by atoms with van der Waals surface area (Å²) >= 11 is 0. The summed E-state index contributed by atoms with van der Waals surface area (Å²) in [5.41, 5.74) is 0.586. The molecule has 2 N–H and O–H groups in total. The number of amides is 1. The molecule has 0 atom stereocenters. The Labute approximate surface area is 167 Å². The first kappa shape index (κ1) is 20.3. The van der Waals surface area contributed by atoms with E-state index in [4.69, 9.17) is 9.15 Å². The van der Waals surface area contributed by atoms with Gasteiger partial charge >= 0.3 is 5.97 Å². The van der Waals surface area contributed by atoms with Crippen molar-refractivity contribution >= 4 is 27.6 Å². The maximum absolute atomic E-state index is 12.4. The highest BCUT2D eigenvalue weighted by Gasteiger charge is 2.16. The van der Waals surface area contributed by atoms with Gasteiger partial charge in [0.25, 0.3) is 5.91 Å². The second kappa shape index (κ2) is 9.18. The van der Waals surface area contributed by atoms with Gasteiger partial charge in [0.15, 0.2) is 6.61 Å². The van der Waals surface area contributed by atoms with E-state index in [1.807, 2.05) is 0 Å². The van der Waals surface area contributed by atoms with Crippen LogP contribution < -0.4 is 10.0 Å². The van der Waals surface area contributed by atoms with Crippen LogP contribution in [0.1, 0.15) is 16.1 Å². The summed E-state index contributed by atoms with van der Waals surface area (Å²) in [6, 6.07) is 17.3. The highest BCUT2D eigenvalue weighted by atomic mass is 32.2. The number of rotatable bonds is 8. The van der Waals surface area contributed by atoms with Gasteiger partial charge in [-0.3, -0.25) is 4.79 Å². The van der Waals surface area contributed by atoms with Gasteiger partial charge in [0.05, 0.1) is 23.3 Å². The van der Waals surface area contributed by atoms with E-state index in [2.05, 4.69) is 10.0 Å². The molecule has 1 heterocycles. The summed E-state index contributed by atoms with van der Waals surface area (Å²) in [6.07, 6.45) is 1.45. The van der Waals surface area contributed by atoms with Gasteiger partial charge in [0, 0.05) is 5.69 Å². The molecule has 1 aromatic heterocycles. The van der Waals surface area contributed by atoms with Crippen LogP contribution in [-0.2, 0) is 26.1 Å². The largest absolute Gasteiger partial charge is 0.468 e. The molecule has 150 valence electrons. The lowest BCUT2D eigenvalue weighted by atomic mass is 10.2. The molecule has 2 aromatic carbocycles. The Bertz CT molecular complexity index is 1080. The minimum atomic E-state index is -3.80. The van der Waals surface area contributed by atoms with E-state index in [-0.39, 0.29) is 17.1 Å². The number of esters is 1. The van der Waals surface area contributed by atoms with Gasteiger partial charge in [0.2, 0.25) is 10.0 Å². The monoisotopic (exact) mass is 414 g/mol. The van der Waals surface area contributed by atoms with Crippen molar-refractivity contribution in [2.75, 3.05) is 11.9 Å². The minimum absolute atomic E-state index is 0.00135. The quantitative estimate of drug-likeness (QED) is 0.548. The van der Waals surface area contributed by atoms with Crippen LogP contribution in [0.5, 0.6) is 0 Å². The summed E-state index contributed by atoms with van der Waals surface area (Å²) in [6.45, 7) is -0.497. The zero-order valence-electron chi connectivity index (χ0n) is 15.2. The molecule has 0 fully saturated rings. The van der Waals surface area contributed by atoms with E-state index in [0.717, 1.165) is 0 Å². The lowest BCUT2D eigenvalue weighted by Crippen LogP contribution is -2.24. The number of hydrogen-bond acceptors (Lipinski definition) is 6. The Balaban J connectivity index is 1.57. The third-order valence-electron chi connectivity index (χ3n) is 3.79. The summed E-state index contributed by atoms with van der Waals surface area (Å²) < 4.78 is 37.3. The van der Waals surface area contributed by atoms with Crippen molar-refractivity contribution in [3.8, 4) is 0 Å². The fraction of sp³-hybridized carbons (Fsp3) is 0.100. The molecule has 0 unspecified atom stereocenters. The number of nitrogens with one attached hydrogen (secondary N) is 2. The van der Waals surface area contributed by atoms with Crippen molar-refractivity contribution in [1.29, 1.82) is 0 Å². The molecule has 3 aromatic rings. The first-order valence-corrected chi connectivity index (χ1v) is 10.1. The van der Waals surface area contributed by atoms with Gasteiger partial charge in [-0.15, -0.1) is 0 Å². The highest BCUT2D eigenvalue weighted by molar-refractivity contribution is 7.89. The van der Waals surface area contributed by atoms with Gasteiger partial charge in [-0.2, -0.15) is 0 Å². The summed E-state index contributed by atoms with van der Waals surface area (Å²) in [7, 11) is -3.80. The van der Waals surface area contributed by atoms with Gasteiger partial charge in [-0.05, 0) is 42.5 Å². The van der Waals surface area contributed by atoms with Crippen molar-refractivity contribution in [3.63, 3.8) is 0 Å². The van der Waals surface area contributed by atoms with Crippen LogP contribution in [0.15, 0.2) is 82.3 Å². The zero-order chi connectivity index (χ0) is 20.7. The Morgan fingerprint density at radius 2 is 1.76 bits per heavy atom. The smallest absolute Gasteiger partial charge is 0.338 e. The normalized spacial score (nSPS) is 11.0. The molecular weight excluding hydrogens is 396 g/mol. The van der Waals surface area contributed by atoms with Crippen LogP contribution in [0, 0.1) is 0 Å². The Hall–Kier alpha value is -3.43. The SMILES string of the molecule is O=C(COC(=O)c1ccccc1)Nc1cccc(S(=O)(=O)NCc2ccco2)c1. The summed E-state index contributed by atoms with van der Waals surface area (Å²) in [4.78, 5) is 23.9. The molecule has 0 radical (unpaired) electrons. The number of anilines is 1. The van der Waals surface area contributed by atoms with Crippen molar-refractivity contribution in [1.82, 2.24) is 4.72 Å². The van der Waals surface area contributed by atoms with Gasteiger partial charge in [-0.1, -0.05) is 24.3 Å². The number of ether oxygens (including phenoxy) is 1. The molecule has 0 aliphatic heterocycles. The number of benzene rings is 2. The Kier molecular flexibility index (Phi) is 6.43. The first-order valence-electron chi connectivity index (χ1n) is 8.58. The Morgan fingerprint density at radius 1 is 0.966 bits per heavy atom. The summed E-state index contributed by atoms with van der Waals surface area (Å²) in [5, 5.41) is 2.50. The van der Waals surface area contributed by atoms with Crippen LogP contribution in [-0.4, -0.2) is 26.9 Å². The lowest BCUT2D eigenvalue weighted by Gasteiger charge is -2.09. The second-order valence-corrected chi connectivity index (χ2v) is 7.69. The van der Waals surface area contributed by atoms with Crippen LogP contribution in [0.3, 0.4) is 0 Å². The van der Waals surface area contributed by atoms with E-state index in [1.54, 1.807) is 42.5 Å². The van der Waals surface area contributed by atoms with Crippen molar-refractivity contribution < 1.29 is 27.2 Å². The maximum Gasteiger partial charge on any atom is 0.338 e. The number of carbonyl (C=O) groups is 2. The van der Waals surface area contributed by atoms with Crippen LogP contribution in [0.25, 0.3) is 0 Å². The fourth-order valence-electron chi connectivity index (χ4n) is 2.39. The van der Waals surface area contributed by atoms with E-state index < -0.39 is 28.5 Å². The molecule has 0 bridgehead atoms. The highest BCUT2D eigenvalue weighted by Crippen LogP contribution is 2.16. The molecular formula is C20H18N2O6S. The molecule has 3 rings (SSSR count). The number of carbonyl (C=O) groups excluding carboxylic acids is 2. The predicted molar refractivity (Wildman–Crippen MR) is 105 cm³/mol. The average molecular weight is 414 g/mol. The predicted octanol–water partition coefficient (Wildman–Crippen LogP) is 2.55. The van der Waals surface area contributed by atoms with Crippen molar-refractivity contribution in [3.05, 3.63) is 84.3 Å². The lowest BCUT2D eigenvalue weighted by molar-refractivity contribution is -0.119. The Morgan fingerprint density at radius 3 is 2.48 bits per heavy atom. The standard InChI is InChI=1S/C20H18N2O6S/c23-19(14-28-20(24)15-6-2-1-3-7-15)22-16-8-4-10-18(12-16)29(25,26)21-13-17-9-5-11-27-17/h1-12,21H,13-14H2,(H,22,23). The molecule has 1 amide bonds. The third kappa shape index (κ3) is 5.77. The first-order chi connectivity index (χ1) is 13.9. The summed E-state index contributed by atoms with van der Waals surface area (Å²) in [5.74, 6) is -0.746. The van der Waals surface area contributed by atoms with Crippen molar-refractivity contribution in [2.24, 2.45) is 0 Å². The van der Waals surface area contributed by atoms with Gasteiger partial charge < -0.3 is 14.5 Å². The van der Waals surface area contributed by atoms with Crippen LogP contribution >= 0.6 is 0 Å². The van der Waals surface area contributed by atoms with Crippen LogP contribution in [0.4, 0.5) is 5.69 Å². The molecule has 8 nitrogen and oxygen atoms in total. The third-order valence-corrected chi connectivity index (χ3v) is 5.19. The molecule has 0 saturated heterocycles. The van der Waals surface area contributed by atoms with Crippen LogP contribution in [0.2, 0.25) is 0 Å². The average Bonchev–Trinajstić information content (AvgIpc) is 3.25. The fourth-order valence-corrected chi connectivity index (χ4v) is 3.43. The van der Waals surface area contributed by atoms with E-state index >= 15 is 0 Å². The molecule has 0 aliphatic rings. The van der Waals surface area contributed by atoms with Crippen molar-refractivity contribution in [2.45, 2.75) is 11.4 Å². The number of sulfonamides is 1. The number of furan rings is 1. The molecule has 0 aliphatic carbocycles. The number of hydrogen-bond donors (Lipinski definition) is 2. The topological polar surface area (TPSA) is 115 Å². The van der Waals surface area contributed by atoms with Gasteiger partial charge in [0.1, 0.15) is 5.76 Å². The maximum atomic E-state index is 12.4. The van der Waals surface area contributed by atoms with E-state index in [0.29, 0.717) is 11.3 Å². The van der Waals surface area contributed by atoms with E-state index in [1.165, 1.54) is 30.5 Å². The van der Waals surface area contributed by atoms with Gasteiger partial charge in [-0.25, -0.2) is 17.9 Å². The molecule has 0 saturated carbocycles. The van der Waals surface area contributed by atoms with E-state index in [9.17, 15) is 18.0 Å². The zero-order valence-corrected chi connectivity index (χ0v) is 16.0. The minimum Gasteiger partial charge on any atom is -0.468 e. The molecule has 9 heteroatoms. The second-order valence-electron chi connectivity index (χ2n) is 5.92. The molecule has 0 spiro atoms. The molecule has 29 heavy (non-hydrogen) atoms.